The van der Waals surface area contributed by atoms with Gasteiger partial charge in [-0.05, 0) is 12.1 Å². The molecule has 0 amide bonds. The zero-order valence-corrected chi connectivity index (χ0v) is 11.4. The van der Waals surface area contributed by atoms with Crippen molar-refractivity contribution in [3.8, 4) is 5.75 Å². The summed E-state index contributed by atoms with van der Waals surface area (Å²) in [5.74, 6) is 0.832. The maximum absolute atomic E-state index is 10.9. The normalized spacial score (nSPS) is 10.1. The molecule has 0 unspecified atom stereocenters. The molecule has 0 fully saturated rings. The first-order valence-corrected chi connectivity index (χ1v) is 6.16. The highest BCUT2D eigenvalue weighted by Crippen LogP contribution is 2.25. The van der Waals surface area contributed by atoms with Gasteiger partial charge in [0.25, 0.3) is 0 Å². The molecular weight excluding hydrogens is 282 g/mol. The minimum Gasteiger partial charge on any atom is -0.496 e. The Bertz CT molecular complexity index is 634. The van der Waals surface area contributed by atoms with Crippen molar-refractivity contribution in [3.05, 3.63) is 57.2 Å². The van der Waals surface area contributed by atoms with Gasteiger partial charge < -0.3 is 10.1 Å². The molecule has 20 heavy (non-hydrogen) atoms. The Hall–Kier alpha value is -2.34. The number of hydrogen-bond donors (Lipinski definition) is 1. The molecule has 0 saturated carbocycles. The van der Waals surface area contributed by atoms with E-state index in [0.29, 0.717) is 12.3 Å². The largest absolute Gasteiger partial charge is 0.496 e. The average Bonchev–Trinajstić information content (AvgIpc) is 2.45. The fourth-order valence-electron chi connectivity index (χ4n) is 1.73. The molecule has 0 aliphatic carbocycles. The first-order chi connectivity index (χ1) is 9.61. The fourth-order valence-corrected chi connectivity index (χ4v) is 1.88. The van der Waals surface area contributed by atoms with Crippen LogP contribution in [0, 0.1) is 10.1 Å². The van der Waals surface area contributed by atoms with Crippen LogP contribution >= 0.6 is 11.6 Å². The van der Waals surface area contributed by atoms with Gasteiger partial charge in [-0.25, -0.2) is 4.98 Å². The standard InChI is InChI=1S/C13H12ClN3O3/c1-20-11-5-3-2-4-9(11)8-15-13-10(17(18)19)6-7-12(14)16-13/h2-7H,8H2,1H3,(H,15,16). The van der Waals surface area contributed by atoms with Crippen molar-refractivity contribution < 1.29 is 9.66 Å². The van der Waals surface area contributed by atoms with Crippen LogP contribution in [0.3, 0.4) is 0 Å². The van der Waals surface area contributed by atoms with Gasteiger partial charge in [0.1, 0.15) is 10.9 Å². The van der Waals surface area contributed by atoms with Crippen molar-refractivity contribution in [1.82, 2.24) is 4.98 Å². The lowest BCUT2D eigenvalue weighted by Crippen LogP contribution is -2.05. The van der Waals surface area contributed by atoms with Crippen LogP contribution in [0.4, 0.5) is 11.5 Å². The minimum atomic E-state index is -0.506. The summed E-state index contributed by atoms with van der Waals surface area (Å²) >= 11 is 5.76. The second kappa shape index (κ2) is 6.21. The lowest BCUT2D eigenvalue weighted by Gasteiger charge is -2.10. The Morgan fingerprint density at radius 2 is 2.10 bits per heavy atom. The number of anilines is 1. The summed E-state index contributed by atoms with van der Waals surface area (Å²) in [6.07, 6.45) is 0. The van der Waals surface area contributed by atoms with Crippen molar-refractivity contribution in [3.63, 3.8) is 0 Å². The van der Waals surface area contributed by atoms with Gasteiger partial charge in [0.15, 0.2) is 0 Å². The van der Waals surface area contributed by atoms with Crippen molar-refractivity contribution in [2.75, 3.05) is 12.4 Å². The minimum absolute atomic E-state index is 0.121. The number of nitrogens with one attached hydrogen (secondary N) is 1. The average molecular weight is 294 g/mol. The van der Waals surface area contributed by atoms with Gasteiger partial charge in [0.2, 0.25) is 5.82 Å². The number of pyridine rings is 1. The number of ether oxygens (including phenoxy) is 1. The monoisotopic (exact) mass is 293 g/mol. The van der Waals surface area contributed by atoms with Gasteiger partial charge in [0, 0.05) is 18.2 Å². The summed E-state index contributed by atoms with van der Waals surface area (Å²) in [6, 6.07) is 10.1. The first-order valence-electron chi connectivity index (χ1n) is 5.78. The Labute approximate surface area is 120 Å². The van der Waals surface area contributed by atoms with Gasteiger partial charge in [-0.3, -0.25) is 10.1 Å². The number of nitro groups is 1. The summed E-state index contributed by atoms with van der Waals surface area (Å²) in [4.78, 5) is 14.4. The second-order valence-corrected chi connectivity index (χ2v) is 4.31. The molecule has 1 aromatic carbocycles. The lowest BCUT2D eigenvalue weighted by atomic mass is 10.2. The van der Waals surface area contributed by atoms with Crippen molar-refractivity contribution in [2.45, 2.75) is 6.54 Å². The van der Waals surface area contributed by atoms with E-state index < -0.39 is 4.92 Å². The van der Waals surface area contributed by atoms with E-state index in [1.807, 2.05) is 24.3 Å². The molecule has 0 saturated heterocycles. The van der Waals surface area contributed by atoms with Gasteiger partial charge in [-0.15, -0.1) is 0 Å². The number of rotatable bonds is 5. The molecule has 2 rings (SSSR count). The van der Waals surface area contributed by atoms with Crippen LogP contribution in [0.2, 0.25) is 5.15 Å². The van der Waals surface area contributed by atoms with Crippen LogP contribution in [0.15, 0.2) is 36.4 Å². The Balaban J connectivity index is 2.22. The summed E-state index contributed by atoms with van der Waals surface area (Å²) in [6.45, 7) is 0.345. The maximum Gasteiger partial charge on any atom is 0.311 e. The number of methoxy groups -OCH3 is 1. The van der Waals surface area contributed by atoms with Crippen LogP contribution < -0.4 is 10.1 Å². The highest BCUT2D eigenvalue weighted by Gasteiger charge is 2.15. The number of aromatic nitrogens is 1. The van der Waals surface area contributed by atoms with Gasteiger partial charge in [0.05, 0.1) is 12.0 Å². The lowest BCUT2D eigenvalue weighted by molar-refractivity contribution is -0.384. The number of benzene rings is 1. The zero-order valence-electron chi connectivity index (χ0n) is 10.7. The van der Waals surface area contributed by atoms with E-state index in [2.05, 4.69) is 10.3 Å². The summed E-state index contributed by atoms with van der Waals surface area (Å²) in [5, 5.41) is 14.0. The quantitative estimate of drug-likeness (QED) is 0.520. The van der Waals surface area contributed by atoms with Crippen molar-refractivity contribution in [2.24, 2.45) is 0 Å². The summed E-state index contributed by atoms with van der Waals surface area (Å²) in [5.41, 5.74) is 0.746. The SMILES string of the molecule is COc1ccccc1CNc1nc(Cl)ccc1[N+](=O)[O-]. The molecule has 0 aliphatic rings. The Kier molecular flexibility index (Phi) is 4.37. The molecule has 1 heterocycles. The molecule has 6 nitrogen and oxygen atoms in total. The van der Waals surface area contributed by atoms with E-state index in [9.17, 15) is 10.1 Å². The van der Waals surface area contributed by atoms with Crippen molar-refractivity contribution >= 4 is 23.1 Å². The molecule has 0 spiro atoms. The van der Waals surface area contributed by atoms with E-state index in [0.717, 1.165) is 5.56 Å². The fraction of sp³-hybridized carbons (Fsp3) is 0.154. The highest BCUT2D eigenvalue weighted by molar-refractivity contribution is 6.29. The smallest absolute Gasteiger partial charge is 0.311 e. The molecule has 1 N–H and O–H groups in total. The van der Waals surface area contributed by atoms with E-state index in [1.165, 1.54) is 12.1 Å². The summed E-state index contributed by atoms with van der Waals surface area (Å²) < 4.78 is 5.21. The molecule has 1 aromatic heterocycles. The molecule has 2 aromatic rings. The third-order valence-electron chi connectivity index (χ3n) is 2.68. The molecule has 0 bridgehead atoms. The zero-order chi connectivity index (χ0) is 14.5. The topological polar surface area (TPSA) is 77.3 Å². The van der Waals surface area contributed by atoms with Crippen LogP contribution in [-0.2, 0) is 6.54 Å². The predicted octanol–water partition coefficient (Wildman–Crippen LogP) is 3.26. The van der Waals surface area contributed by atoms with E-state index in [4.69, 9.17) is 16.3 Å². The number of hydrogen-bond acceptors (Lipinski definition) is 5. The van der Waals surface area contributed by atoms with Gasteiger partial charge in [-0.1, -0.05) is 29.8 Å². The molecule has 7 heteroatoms. The van der Waals surface area contributed by atoms with E-state index >= 15 is 0 Å². The highest BCUT2D eigenvalue weighted by atomic mass is 35.5. The van der Waals surface area contributed by atoms with Gasteiger partial charge in [-0.2, -0.15) is 0 Å². The third kappa shape index (κ3) is 3.16. The van der Waals surface area contributed by atoms with Crippen LogP contribution in [-0.4, -0.2) is 17.0 Å². The molecule has 0 aliphatic heterocycles. The van der Waals surface area contributed by atoms with Crippen LogP contribution in [0.5, 0.6) is 5.75 Å². The third-order valence-corrected chi connectivity index (χ3v) is 2.89. The maximum atomic E-state index is 10.9. The van der Waals surface area contributed by atoms with Crippen molar-refractivity contribution in [1.29, 1.82) is 0 Å². The summed E-state index contributed by atoms with van der Waals surface area (Å²) in [7, 11) is 1.57. The number of para-hydroxylation sites is 1. The molecular formula is C13H12ClN3O3. The van der Waals surface area contributed by atoms with Crippen LogP contribution in [0.1, 0.15) is 5.56 Å². The molecule has 0 atom stereocenters. The molecule has 104 valence electrons. The first kappa shape index (κ1) is 14.1. The predicted molar refractivity (Wildman–Crippen MR) is 76.2 cm³/mol. The number of nitrogens with zero attached hydrogens (tertiary/aromatic N) is 2. The second-order valence-electron chi connectivity index (χ2n) is 3.92. The van der Waals surface area contributed by atoms with E-state index in [-0.39, 0.29) is 16.7 Å². The molecule has 0 radical (unpaired) electrons. The Morgan fingerprint density at radius 3 is 2.80 bits per heavy atom. The number of halogens is 1. The van der Waals surface area contributed by atoms with E-state index in [1.54, 1.807) is 7.11 Å². The van der Waals surface area contributed by atoms with Crippen LogP contribution in [0.25, 0.3) is 0 Å². The van der Waals surface area contributed by atoms with Gasteiger partial charge >= 0.3 is 5.69 Å². The Morgan fingerprint density at radius 1 is 1.35 bits per heavy atom.